The fraction of sp³-hybridized carbons (Fsp3) is 0.423. The number of hydrogen-bond acceptors (Lipinski definition) is 5. The van der Waals surface area contributed by atoms with Gasteiger partial charge in [0.2, 0.25) is 5.88 Å². The van der Waals surface area contributed by atoms with Gasteiger partial charge in [0.25, 0.3) is 0 Å². The van der Waals surface area contributed by atoms with Crippen molar-refractivity contribution in [2.24, 2.45) is 0 Å². The number of para-hydroxylation sites is 1. The Morgan fingerprint density at radius 3 is 2.58 bits per heavy atom. The molecular weight excluding hydrogens is 421 g/mol. The summed E-state index contributed by atoms with van der Waals surface area (Å²) in [4.78, 5) is 2.27. The highest BCUT2D eigenvalue weighted by Gasteiger charge is 2.32. The summed E-state index contributed by atoms with van der Waals surface area (Å²) in [7, 11) is 0. The molecule has 176 valence electrons. The van der Waals surface area contributed by atoms with Crippen LogP contribution in [0.5, 0.6) is 11.6 Å². The zero-order chi connectivity index (χ0) is 23.4. The fourth-order valence-electron chi connectivity index (χ4n) is 3.82. The quantitative estimate of drug-likeness (QED) is 0.449. The van der Waals surface area contributed by atoms with E-state index in [0.29, 0.717) is 37.4 Å². The van der Waals surface area contributed by atoms with Crippen LogP contribution >= 0.6 is 0 Å². The van der Waals surface area contributed by atoms with Crippen LogP contribution in [0.1, 0.15) is 37.9 Å². The molecule has 0 saturated heterocycles. The summed E-state index contributed by atoms with van der Waals surface area (Å²) in [5.41, 5.74) is 2.62. The summed E-state index contributed by atoms with van der Waals surface area (Å²) in [6.45, 7) is 7.26. The van der Waals surface area contributed by atoms with Crippen LogP contribution in [0.4, 0.5) is 4.39 Å². The first kappa shape index (κ1) is 23.4. The third-order valence-electron chi connectivity index (χ3n) is 5.64. The van der Waals surface area contributed by atoms with Crippen LogP contribution in [0.2, 0.25) is 0 Å². The van der Waals surface area contributed by atoms with Gasteiger partial charge in [-0.2, -0.15) is 5.10 Å². The van der Waals surface area contributed by atoms with Crippen molar-refractivity contribution in [1.29, 1.82) is 0 Å². The van der Waals surface area contributed by atoms with E-state index in [2.05, 4.69) is 4.90 Å². The van der Waals surface area contributed by atoms with E-state index in [1.165, 1.54) is 12.1 Å². The van der Waals surface area contributed by atoms with E-state index in [-0.39, 0.29) is 11.9 Å². The van der Waals surface area contributed by atoms with Crippen LogP contribution in [0.15, 0.2) is 54.6 Å². The molecule has 1 heterocycles. The van der Waals surface area contributed by atoms with Crippen LogP contribution in [-0.2, 0) is 11.3 Å². The number of nitrogens with zero attached hydrogens (tertiary/aromatic N) is 3. The zero-order valence-corrected chi connectivity index (χ0v) is 19.4. The number of ether oxygens (including phenoxy) is 2. The van der Waals surface area contributed by atoms with Gasteiger partial charge in [0.05, 0.1) is 35.8 Å². The summed E-state index contributed by atoms with van der Waals surface area (Å²) in [5.74, 6) is 0.615. The number of rotatable bonds is 11. The molecule has 1 atom stereocenters. The van der Waals surface area contributed by atoms with E-state index < -0.39 is 6.10 Å². The molecule has 1 aliphatic rings. The molecule has 1 aliphatic carbocycles. The lowest BCUT2D eigenvalue weighted by molar-refractivity contribution is -0.0107. The smallest absolute Gasteiger partial charge is 0.227 e. The predicted molar refractivity (Wildman–Crippen MR) is 125 cm³/mol. The van der Waals surface area contributed by atoms with Gasteiger partial charge >= 0.3 is 0 Å². The minimum atomic E-state index is -0.579. The van der Waals surface area contributed by atoms with Gasteiger partial charge in [0.1, 0.15) is 11.6 Å². The van der Waals surface area contributed by atoms with Gasteiger partial charge in [-0.3, -0.25) is 4.90 Å². The maximum atomic E-state index is 13.8. The van der Waals surface area contributed by atoms with Crippen LogP contribution in [0.25, 0.3) is 5.69 Å². The molecule has 0 bridgehead atoms. The number of halogens is 1. The van der Waals surface area contributed by atoms with Crippen molar-refractivity contribution in [1.82, 2.24) is 14.7 Å². The highest BCUT2D eigenvalue weighted by atomic mass is 19.1. The number of benzene rings is 2. The van der Waals surface area contributed by atoms with Crippen molar-refractivity contribution in [3.05, 3.63) is 71.7 Å². The van der Waals surface area contributed by atoms with Crippen LogP contribution in [-0.4, -0.2) is 51.2 Å². The van der Waals surface area contributed by atoms with E-state index >= 15 is 0 Å². The molecule has 33 heavy (non-hydrogen) atoms. The lowest BCUT2D eigenvalue weighted by atomic mass is 10.2. The Morgan fingerprint density at radius 1 is 1.15 bits per heavy atom. The number of aliphatic hydroxyl groups is 1. The van der Waals surface area contributed by atoms with Gasteiger partial charge in [0.15, 0.2) is 0 Å². The number of aliphatic hydroxyl groups excluding tert-OH is 1. The average Bonchev–Trinajstić information content (AvgIpc) is 3.59. The van der Waals surface area contributed by atoms with E-state index in [1.807, 2.05) is 51.1 Å². The molecule has 1 fully saturated rings. The van der Waals surface area contributed by atoms with Gasteiger partial charge < -0.3 is 14.6 Å². The van der Waals surface area contributed by atoms with Crippen molar-refractivity contribution in [2.45, 2.75) is 58.4 Å². The van der Waals surface area contributed by atoms with Gasteiger partial charge in [-0.05, 0) is 57.9 Å². The van der Waals surface area contributed by atoms with Gasteiger partial charge in [-0.1, -0.05) is 24.3 Å². The maximum absolute atomic E-state index is 13.8. The summed E-state index contributed by atoms with van der Waals surface area (Å²) in [5, 5.41) is 15.3. The van der Waals surface area contributed by atoms with Gasteiger partial charge in [0, 0.05) is 25.2 Å². The average molecular weight is 454 g/mol. The Balaban J connectivity index is 1.64. The molecule has 1 aromatic heterocycles. The molecule has 4 rings (SSSR count). The first-order chi connectivity index (χ1) is 15.9. The monoisotopic (exact) mass is 453 g/mol. The van der Waals surface area contributed by atoms with Crippen LogP contribution in [0.3, 0.4) is 0 Å². The second kappa shape index (κ2) is 10.5. The number of hydrogen-bond donors (Lipinski definition) is 1. The molecule has 6 nitrogen and oxygen atoms in total. The SMILES string of the molecule is Cc1nn(-c2ccccc2)c(Oc2cccc(F)c2)c1CN(CC(O)COC(C)C)C1CC1. The summed E-state index contributed by atoms with van der Waals surface area (Å²) < 4.78 is 27.4. The summed E-state index contributed by atoms with van der Waals surface area (Å²) >= 11 is 0. The molecule has 0 aliphatic heterocycles. The molecule has 0 spiro atoms. The maximum Gasteiger partial charge on any atom is 0.227 e. The van der Waals surface area contributed by atoms with E-state index in [9.17, 15) is 9.50 Å². The van der Waals surface area contributed by atoms with Crippen molar-refractivity contribution in [3.8, 4) is 17.3 Å². The Kier molecular flexibility index (Phi) is 7.42. The molecule has 0 radical (unpaired) electrons. The third-order valence-corrected chi connectivity index (χ3v) is 5.64. The fourth-order valence-corrected chi connectivity index (χ4v) is 3.82. The number of aromatic nitrogens is 2. The number of aryl methyl sites for hydroxylation is 1. The molecule has 1 saturated carbocycles. The minimum Gasteiger partial charge on any atom is -0.438 e. The highest BCUT2D eigenvalue weighted by Crippen LogP contribution is 2.35. The Morgan fingerprint density at radius 2 is 1.91 bits per heavy atom. The Hall–Kier alpha value is -2.74. The normalized spacial score (nSPS) is 14.8. The lowest BCUT2D eigenvalue weighted by Gasteiger charge is -2.25. The molecular formula is C26H32FN3O3. The summed E-state index contributed by atoms with van der Waals surface area (Å²) in [6, 6.07) is 16.3. The summed E-state index contributed by atoms with van der Waals surface area (Å²) in [6.07, 6.45) is 1.70. The standard InChI is InChI=1S/C26H32FN3O3/c1-18(2)32-17-23(31)15-29(21-12-13-21)16-25-19(3)28-30(22-9-5-4-6-10-22)26(25)33-24-11-7-8-20(27)14-24/h4-11,14,18,21,23,31H,12-13,15-17H2,1-3H3. The van der Waals surface area contributed by atoms with Crippen LogP contribution < -0.4 is 4.74 Å². The van der Waals surface area contributed by atoms with Crippen molar-refractivity contribution < 1.29 is 19.0 Å². The predicted octanol–water partition coefficient (Wildman–Crippen LogP) is 4.86. The largest absolute Gasteiger partial charge is 0.438 e. The molecule has 7 heteroatoms. The van der Waals surface area contributed by atoms with Gasteiger partial charge in [-0.25, -0.2) is 9.07 Å². The van der Waals surface area contributed by atoms with E-state index in [1.54, 1.807) is 16.8 Å². The van der Waals surface area contributed by atoms with Crippen molar-refractivity contribution in [3.63, 3.8) is 0 Å². The first-order valence-corrected chi connectivity index (χ1v) is 11.5. The third kappa shape index (κ3) is 6.19. The second-order valence-electron chi connectivity index (χ2n) is 8.87. The van der Waals surface area contributed by atoms with E-state index in [0.717, 1.165) is 29.8 Å². The molecule has 3 aromatic rings. The Bertz CT molecular complexity index is 1050. The zero-order valence-electron chi connectivity index (χ0n) is 19.4. The molecule has 0 amide bonds. The minimum absolute atomic E-state index is 0.0756. The van der Waals surface area contributed by atoms with E-state index in [4.69, 9.17) is 14.6 Å². The van der Waals surface area contributed by atoms with Crippen molar-refractivity contribution >= 4 is 0 Å². The van der Waals surface area contributed by atoms with Gasteiger partial charge in [-0.15, -0.1) is 0 Å². The Labute approximate surface area is 194 Å². The highest BCUT2D eigenvalue weighted by molar-refractivity contribution is 5.43. The topological polar surface area (TPSA) is 59.8 Å². The first-order valence-electron chi connectivity index (χ1n) is 11.5. The molecule has 2 aromatic carbocycles. The second-order valence-corrected chi connectivity index (χ2v) is 8.87. The van der Waals surface area contributed by atoms with Crippen molar-refractivity contribution in [2.75, 3.05) is 13.2 Å². The molecule has 1 N–H and O–H groups in total. The molecule has 1 unspecified atom stereocenters. The van der Waals surface area contributed by atoms with Crippen LogP contribution in [0, 0.1) is 12.7 Å². The lowest BCUT2D eigenvalue weighted by Crippen LogP contribution is -2.36.